The number of carbonyl (C=O) groups is 1. The Morgan fingerprint density at radius 1 is 1.32 bits per heavy atom. The zero-order valence-corrected chi connectivity index (χ0v) is 15.9. The van der Waals surface area contributed by atoms with Crippen LogP contribution in [0, 0.1) is 5.92 Å². The van der Waals surface area contributed by atoms with E-state index in [1.165, 1.54) is 6.07 Å². The molecular formula is C18H29N3O3S. The van der Waals surface area contributed by atoms with Gasteiger partial charge in [0.15, 0.2) is 0 Å². The maximum atomic E-state index is 12.9. The molecule has 0 aliphatic heterocycles. The molecule has 7 heteroatoms. The van der Waals surface area contributed by atoms with E-state index in [1.807, 2.05) is 0 Å². The summed E-state index contributed by atoms with van der Waals surface area (Å²) in [4.78, 5) is 14.3. The standard InChI is InChI=1S/C18H29N3O3S/c1-3-4-12-21(2)18(22)15-9-5-6-11-17(15)25(23,24)20-16-10-7-8-14(16)13-19/h5-6,9,11,14,16,20H,3-4,7-8,10,12-13,19H2,1-2H3. The fraction of sp³-hybridized carbons (Fsp3) is 0.611. The van der Waals surface area contributed by atoms with Crippen LogP contribution in [0.2, 0.25) is 0 Å². The fourth-order valence-corrected chi connectivity index (χ4v) is 4.86. The number of benzene rings is 1. The van der Waals surface area contributed by atoms with Crippen molar-refractivity contribution >= 4 is 15.9 Å². The van der Waals surface area contributed by atoms with Gasteiger partial charge in [-0.1, -0.05) is 31.9 Å². The molecule has 0 aromatic heterocycles. The molecular weight excluding hydrogens is 338 g/mol. The number of rotatable bonds is 8. The highest BCUT2D eigenvalue weighted by Gasteiger charge is 2.32. The largest absolute Gasteiger partial charge is 0.342 e. The van der Waals surface area contributed by atoms with Crippen molar-refractivity contribution in [3.05, 3.63) is 29.8 Å². The SMILES string of the molecule is CCCCN(C)C(=O)c1ccccc1S(=O)(=O)NC1CCCC1CN. The monoisotopic (exact) mass is 367 g/mol. The molecule has 1 aliphatic rings. The lowest BCUT2D eigenvalue weighted by atomic mass is 10.1. The maximum absolute atomic E-state index is 12.9. The van der Waals surface area contributed by atoms with E-state index in [-0.39, 0.29) is 28.3 Å². The second kappa shape index (κ2) is 8.78. The zero-order chi connectivity index (χ0) is 18.4. The lowest BCUT2D eigenvalue weighted by Crippen LogP contribution is -2.40. The molecule has 1 aromatic carbocycles. The Morgan fingerprint density at radius 3 is 2.72 bits per heavy atom. The first-order valence-corrected chi connectivity index (χ1v) is 10.5. The van der Waals surface area contributed by atoms with Crippen LogP contribution in [0.25, 0.3) is 0 Å². The van der Waals surface area contributed by atoms with Crippen molar-refractivity contribution in [1.29, 1.82) is 0 Å². The predicted octanol–water partition coefficient (Wildman–Crippen LogP) is 1.96. The average molecular weight is 368 g/mol. The third-order valence-electron chi connectivity index (χ3n) is 4.87. The summed E-state index contributed by atoms with van der Waals surface area (Å²) in [6, 6.07) is 6.25. The molecule has 140 valence electrons. The molecule has 1 aromatic rings. The quantitative estimate of drug-likeness (QED) is 0.735. The molecule has 0 heterocycles. The number of nitrogens with two attached hydrogens (primary N) is 1. The van der Waals surface area contributed by atoms with Gasteiger partial charge in [0.1, 0.15) is 0 Å². The van der Waals surface area contributed by atoms with Gasteiger partial charge in [-0.25, -0.2) is 13.1 Å². The Hall–Kier alpha value is -1.44. The Balaban J connectivity index is 2.25. The van der Waals surface area contributed by atoms with Crippen LogP contribution in [0.15, 0.2) is 29.2 Å². The lowest BCUT2D eigenvalue weighted by Gasteiger charge is -2.22. The normalized spacial score (nSPS) is 20.6. The summed E-state index contributed by atoms with van der Waals surface area (Å²) in [5.41, 5.74) is 5.97. The van der Waals surface area contributed by atoms with Crippen LogP contribution in [0.3, 0.4) is 0 Å². The van der Waals surface area contributed by atoms with Gasteiger partial charge >= 0.3 is 0 Å². The van der Waals surface area contributed by atoms with E-state index in [2.05, 4.69) is 11.6 Å². The fourth-order valence-electron chi connectivity index (χ4n) is 3.32. The lowest BCUT2D eigenvalue weighted by molar-refractivity contribution is 0.0789. The molecule has 1 amide bonds. The number of nitrogens with one attached hydrogen (secondary N) is 1. The van der Waals surface area contributed by atoms with E-state index in [1.54, 1.807) is 30.1 Å². The summed E-state index contributed by atoms with van der Waals surface area (Å²) in [6.45, 7) is 3.12. The van der Waals surface area contributed by atoms with Gasteiger partial charge in [0.2, 0.25) is 10.0 Å². The Kier molecular flexibility index (Phi) is 6.98. The summed E-state index contributed by atoms with van der Waals surface area (Å²) in [7, 11) is -2.06. The van der Waals surface area contributed by atoms with Crippen molar-refractivity contribution in [1.82, 2.24) is 9.62 Å². The first kappa shape index (κ1) is 19.9. The van der Waals surface area contributed by atoms with Crippen LogP contribution in [0.4, 0.5) is 0 Å². The molecule has 0 spiro atoms. The van der Waals surface area contributed by atoms with Crippen LogP contribution in [-0.4, -0.2) is 45.4 Å². The Morgan fingerprint density at radius 2 is 2.04 bits per heavy atom. The number of sulfonamides is 1. The summed E-state index contributed by atoms with van der Waals surface area (Å²) >= 11 is 0. The highest BCUT2D eigenvalue weighted by molar-refractivity contribution is 7.89. The minimum absolute atomic E-state index is 0.0472. The number of hydrogen-bond acceptors (Lipinski definition) is 4. The number of unbranched alkanes of at least 4 members (excludes halogenated alkanes) is 1. The van der Waals surface area contributed by atoms with Gasteiger partial charge in [-0.05, 0) is 43.9 Å². The molecule has 3 N–H and O–H groups in total. The molecule has 2 rings (SSSR count). The maximum Gasteiger partial charge on any atom is 0.254 e. The van der Waals surface area contributed by atoms with Gasteiger partial charge in [0.25, 0.3) is 5.91 Å². The predicted molar refractivity (Wildman–Crippen MR) is 98.8 cm³/mol. The summed E-state index contributed by atoms with van der Waals surface area (Å²) < 4.78 is 28.5. The van der Waals surface area contributed by atoms with E-state index < -0.39 is 10.0 Å². The molecule has 25 heavy (non-hydrogen) atoms. The average Bonchev–Trinajstić information content (AvgIpc) is 3.05. The number of amides is 1. The molecule has 0 saturated heterocycles. The van der Waals surface area contributed by atoms with Gasteiger partial charge in [-0.2, -0.15) is 0 Å². The van der Waals surface area contributed by atoms with Crippen LogP contribution >= 0.6 is 0 Å². The summed E-state index contributed by atoms with van der Waals surface area (Å²) in [6.07, 6.45) is 4.55. The number of nitrogens with zero attached hydrogens (tertiary/aromatic N) is 1. The zero-order valence-electron chi connectivity index (χ0n) is 15.1. The van der Waals surface area contributed by atoms with Gasteiger partial charge < -0.3 is 10.6 Å². The molecule has 2 unspecified atom stereocenters. The third kappa shape index (κ3) is 4.80. The first-order chi connectivity index (χ1) is 11.9. The topological polar surface area (TPSA) is 92.5 Å². The minimum atomic E-state index is -3.77. The number of hydrogen-bond donors (Lipinski definition) is 2. The van der Waals surface area contributed by atoms with Gasteiger partial charge in [0, 0.05) is 19.6 Å². The van der Waals surface area contributed by atoms with Crippen molar-refractivity contribution in [2.45, 2.75) is 50.0 Å². The smallest absolute Gasteiger partial charge is 0.254 e. The van der Waals surface area contributed by atoms with E-state index in [9.17, 15) is 13.2 Å². The van der Waals surface area contributed by atoms with E-state index in [0.29, 0.717) is 13.1 Å². The molecule has 1 fully saturated rings. The molecule has 0 bridgehead atoms. The van der Waals surface area contributed by atoms with E-state index in [0.717, 1.165) is 32.1 Å². The van der Waals surface area contributed by atoms with E-state index >= 15 is 0 Å². The second-order valence-electron chi connectivity index (χ2n) is 6.73. The van der Waals surface area contributed by atoms with Crippen molar-refractivity contribution < 1.29 is 13.2 Å². The van der Waals surface area contributed by atoms with Crippen LogP contribution in [0.1, 0.15) is 49.4 Å². The summed E-state index contributed by atoms with van der Waals surface area (Å²) in [5.74, 6) is -0.110. The van der Waals surface area contributed by atoms with Crippen molar-refractivity contribution in [2.24, 2.45) is 11.7 Å². The van der Waals surface area contributed by atoms with Crippen LogP contribution in [-0.2, 0) is 10.0 Å². The van der Waals surface area contributed by atoms with Crippen LogP contribution < -0.4 is 10.5 Å². The minimum Gasteiger partial charge on any atom is -0.342 e. The number of carbonyl (C=O) groups excluding carboxylic acids is 1. The van der Waals surface area contributed by atoms with Gasteiger partial charge in [-0.3, -0.25) is 4.79 Å². The molecule has 1 saturated carbocycles. The summed E-state index contributed by atoms with van der Waals surface area (Å²) in [5, 5.41) is 0. The van der Waals surface area contributed by atoms with Gasteiger partial charge in [0.05, 0.1) is 10.5 Å². The van der Waals surface area contributed by atoms with Gasteiger partial charge in [-0.15, -0.1) is 0 Å². The second-order valence-corrected chi connectivity index (χ2v) is 8.41. The van der Waals surface area contributed by atoms with Crippen molar-refractivity contribution in [2.75, 3.05) is 20.1 Å². The third-order valence-corrected chi connectivity index (χ3v) is 6.42. The van der Waals surface area contributed by atoms with Crippen LogP contribution in [0.5, 0.6) is 0 Å². The van der Waals surface area contributed by atoms with Crippen molar-refractivity contribution in [3.8, 4) is 0 Å². The highest BCUT2D eigenvalue weighted by atomic mass is 32.2. The first-order valence-electron chi connectivity index (χ1n) is 8.97. The Labute approximate surface area is 150 Å². The molecule has 0 radical (unpaired) electrons. The van der Waals surface area contributed by atoms with E-state index in [4.69, 9.17) is 5.73 Å². The molecule has 6 nitrogen and oxygen atoms in total. The Bertz CT molecular complexity index is 691. The molecule has 1 aliphatic carbocycles. The molecule has 2 atom stereocenters. The van der Waals surface area contributed by atoms with Crippen molar-refractivity contribution in [3.63, 3.8) is 0 Å². The highest BCUT2D eigenvalue weighted by Crippen LogP contribution is 2.27.